The second kappa shape index (κ2) is 19.8. The predicted octanol–water partition coefficient (Wildman–Crippen LogP) is 6.81. The minimum absolute atomic E-state index is 0.280. The van der Waals surface area contributed by atoms with E-state index in [1.807, 2.05) is 24.3 Å². The minimum atomic E-state index is -0.313. The van der Waals surface area contributed by atoms with Crippen molar-refractivity contribution in [2.45, 2.75) is 0 Å². The van der Waals surface area contributed by atoms with Crippen molar-refractivity contribution in [3.05, 3.63) is 133 Å². The molecule has 0 radical (unpaired) electrons. The van der Waals surface area contributed by atoms with Crippen LogP contribution in [0.25, 0.3) is 0 Å². The molecule has 0 aliphatic rings. The summed E-state index contributed by atoms with van der Waals surface area (Å²) in [7, 11) is 0. The van der Waals surface area contributed by atoms with Crippen molar-refractivity contribution in [3.8, 4) is 23.0 Å². The standard InChI is InChI=1S/C38H40N2O8/c1-3-21-45-33-17-9-5-13-29(33)37(41)39-31-15-7-11-19-35(31)47-27-25-43-23-24-44-26-28-48-36-20-12-8-16-32(36)40-38(42)30-14-6-10-18-34(30)46-22-4-2/h3-20H,1-2,21-28H2,(H,39,41)(H,40,42). The van der Waals surface area contributed by atoms with E-state index in [-0.39, 0.29) is 25.0 Å². The molecule has 0 aliphatic heterocycles. The molecule has 0 saturated heterocycles. The van der Waals surface area contributed by atoms with Crippen LogP contribution in [0.2, 0.25) is 0 Å². The van der Waals surface area contributed by atoms with Crippen molar-refractivity contribution in [3.63, 3.8) is 0 Å². The summed E-state index contributed by atoms with van der Waals surface area (Å²) in [6.45, 7) is 9.83. The Kier molecular flexibility index (Phi) is 14.6. The van der Waals surface area contributed by atoms with Gasteiger partial charge in [0.1, 0.15) is 49.4 Å². The zero-order valence-corrected chi connectivity index (χ0v) is 26.7. The number of carbonyl (C=O) groups is 2. The number of hydrogen-bond acceptors (Lipinski definition) is 8. The lowest BCUT2D eigenvalue weighted by molar-refractivity contribution is 0.0275. The molecule has 4 aromatic rings. The zero-order chi connectivity index (χ0) is 33.8. The van der Waals surface area contributed by atoms with Crippen molar-refractivity contribution in [1.29, 1.82) is 0 Å². The smallest absolute Gasteiger partial charge is 0.259 e. The van der Waals surface area contributed by atoms with Crippen LogP contribution in [0.5, 0.6) is 23.0 Å². The molecule has 0 heterocycles. The second-order valence-corrected chi connectivity index (χ2v) is 10.0. The molecule has 2 N–H and O–H groups in total. The van der Waals surface area contributed by atoms with E-state index in [0.29, 0.717) is 85.1 Å². The zero-order valence-electron chi connectivity index (χ0n) is 26.7. The summed E-state index contributed by atoms with van der Waals surface area (Å²) < 4.78 is 34.2. The molecule has 0 aromatic heterocycles. The van der Waals surface area contributed by atoms with E-state index in [1.165, 1.54) is 0 Å². The van der Waals surface area contributed by atoms with Gasteiger partial charge in [0.2, 0.25) is 0 Å². The van der Waals surface area contributed by atoms with Gasteiger partial charge in [-0.25, -0.2) is 0 Å². The SMILES string of the molecule is C=CCOc1ccccc1C(=O)Nc1ccccc1OCCOCCOCCOc1ccccc1NC(=O)c1ccccc1OCC=C. The summed E-state index contributed by atoms with van der Waals surface area (Å²) in [6.07, 6.45) is 3.24. The highest BCUT2D eigenvalue weighted by Crippen LogP contribution is 2.27. The average Bonchev–Trinajstić information content (AvgIpc) is 3.12. The van der Waals surface area contributed by atoms with Crippen LogP contribution in [0, 0.1) is 0 Å². The van der Waals surface area contributed by atoms with Crippen LogP contribution < -0.4 is 29.6 Å². The number of hydrogen-bond donors (Lipinski definition) is 2. The molecule has 2 amide bonds. The lowest BCUT2D eigenvalue weighted by Gasteiger charge is -2.14. The summed E-state index contributed by atoms with van der Waals surface area (Å²) in [5.74, 6) is 1.36. The molecule has 48 heavy (non-hydrogen) atoms. The molecule has 0 fully saturated rings. The Morgan fingerprint density at radius 3 is 1.25 bits per heavy atom. The lowest BCUT2D eigenvalue weighted by atomic mass is 10.1. The molecule has 250 valence electrons. The number of amides is 2. The lowest BCUT2D eigenvalue weighted by Crippen LogP contribution is -2.16. The van der Waals surface area contributed by atoms with Crippen LogP contribution in [0.3, 0.4) is 0 Å². The highest BCUT2D eigenvalue weighted by atomic mass is 16.6. The van der Waals surface area contributed by atoms with Crippen molar-refractivity contribution in [2.24, 2.45) is 0 Å². The van der Waals surface area contributed by atoms with Crippen LogP contribution in [-0.4, -0.2) is 64.7 Å². The highest BCUT2D eigenvalue weighted by molar-refractivity contribution is 6.07. The predicted molar refractivity (Wildman–Crippen MR) is 186 cm³/mol. The van der Waals surface area contributed by atoms with E-state index in [4.69, 9.17) is 28.4 Å². The molecule has 0 bridgehead atoms. The van der Waals surface area contributed by atoms with Gasteiger partial charge in [0, 0.05) is 0 Å². The molecular weight excluding hydrogens is 612 g/mol. The summed E-state index contributed by atoms with van der Waals surface area (Å²) in [5.41, 5.74) is 1.89. The Labute approximate surface area is 280 Å². The summed E-state index contributed by atoms with van der Waals surface area (Å²) in [5, 5.41) is 5.79. The summed E-state index contributed by atoms with van der Waals surface area (Å²) in [4.78, 5) is 25.9. The van der Waals surface area contributed by atoms with Crippen molar-refractivity contribution >= 4 is 23.2 Å². The monoisotopic (exact) mass is 652 g/mol. The molecular formula is C38H40N2O8. The molecule has 4 aromatic carbocycles. The van der Waals surface area contributed by atoms with Gasteiger partial charge >= 0.3 is 0 Å². The Hall–Kier alpha value is -5.58. The molecule has 10 heteroatoms. The first kappa shape index (κ1) is 35.3. The number of para-hydroxylation sites is 6. The van der Waals surface area contributed by atoms with E-state index in [2.05, 4.69) is 23.8 Å². The van der Waals surface area contributed by atoms with Gasteiger partial charge in [0.05, 0.1) is 48.9 Å². The van der Waals surface area contributed by atoms with Gasteiger partial charge in [0.25, 0.3) is 11.8 Å². The normalized spacial score (nSPS) is 10.4. The highest BCUT2D eigenvalue weighted by Gasteiger charge is 2.16. The van der Waals surface area contributed by atoms with Crippen LogP contribution >= 0.6 is 0 Å². The first-order valence-electron chi connectivity index (χ1n) is 15.5. The maximum Gasteiger partial charge on any atom is 0.259 e. The summed E-state index contributed by atoms with van der Waals surface area (Å²) >= 11 is 0. The average molecular weight is 653 g/mol. The number of carbonyl (C=O) groups excluding carboxylic acids is 2. The fraction of sp³-hybridized carbons (Fsp3) is 0.211. The van der Waals surface area contributed by atoms with E-state index in [1.54, 1.807) is 84.9 Å². The van der Waals surface area contributed by atoms with E-state index in [9.17, 15) is 9.59 Å². The van der Waals surface area contributed by atoms with Gasteiger partial charge in [-0.3, -0.25) is 9.59 Å². The van der Waals surface area contributed by atoms with Crippen LogP contribution in [-0.2, 0) is 9.47 Å². The maximum absolute atomic E-state index is 13.0. The van der Waals surface area contributed by atoms with Crippen molar-refractivity contribution < 1.29 is 38.0 Å². The number of ether oxygens (including phenoxy) is 6. The Bertz CT molecular complexity index is 1520. The Morgan fingerprint density at radius 2 is 0.833 bits per heavy atom. The third-order valence-electron chi connectivity index (χ3n) is 6.59. The minimum Gasteiger partial charge on any atom is -0.489 e. The maximum atomic E-state index is 13.0. The number of anilines is 2. The molecule has 10 nitrogen and oxygen atoms in total. The van der Waals surface area contributed by atoms with Crippen molar-refractivity contribution in [2.75, 3.05) is 63.5 Å². The van der Waals surface area contributed by atoms with Gasteiger partial charge < -0.3 is 39.1 Å². The third-order valence-corrected chi connectivity index (χ3v) is 6.59. The number of nitrogens with one attached hydrogen (secondary N) is 2. The van der Waals surface area contributed by atoms with Gasteiger partial charge in [-0.15, -0.1) is 0 Å². The number of rotatable bonds is 21. The summed E-state index contributed by atoms with van der Waals surface area (Å²) in [6, 6.07) is 28.4. The largest absolute Gasteiger partial charge is 0.489 e. The van der Waals surface area contributed by atoms with Crippen LogP contribution in [0.1, 0.15) is 20.7 Å². The van der Waals surface area contributed by atoms with E-state index in [0.717, 1.165) is 0 Å². The van der Waals surface area contributed by atoms with Gasteiger partial charge in [-0.05, 0) is 48.5 Å². The fourth-order valence-electron chi connectivity index (χ4n) is 4.37. The van der Waals surface area contributed by atoms with E-state index < -0.39 is 0 Å². The van der Waals surface area contributed by atoms with Crippen molar-refractivity contribution in [1.82, 2.24) is 0 Å². The van der Waals surface area contributed by atoms with Crippen LogP contribution in [0.15, 0.2) is 122 Å². The number of benzene rings is 4. The third kappa shape index (κ3) is 11.0. The molecule has 0 saturated carbocycles. The van der Waals surface area contributed by atoms with Gasteiger partial charge in [-0.2, -0.15) is 0 Å². The Morgan fingerprint density at radius 1 is 0.479 bits per heavy atom. The second-order valence-electron chi connectivity index (χ2n) is 10.0. The topological polar surface area (TPSA) is 114 Å². The Balaban J connectivity index is 1.13. The van der Waals surface area contributed by atoms with E-state index >= 15 is 0 Å². The molecule has 0 aliphatic carbocycles. The van der Waals surface area contributed by atoms with Crippen LogP contribution in [0.4, 0.5) is 11.4 Å². The first-order valence-corrected chi connectivity index (χ1v) is 15.5. The quantitative estimate of drug-likeness (QED) is 0.0746. The molecule has 0 atom stereocenters. The van der Waals surface area contributed by atoms with Gasteiger partial charge in [-0.1, -0.05) is 73.8 Å². The molecule has 4 rings (SSSR count). The fourth-order valence-corrected chi connectivity index (χ4v) is 4.37. The van der Waals surface area contributed by atoms with Gasteiger partial charge in [0.15, 0.2) is 0 Å². The molecule has 0 unspecified atom stereocenters. The molecule has 0 spiro atoms. The first-order chi connectivity index (χ1) is 23.6.